The number of benzene rings is 2. The first-order valence-electron chi connectivity index (χ1n) is 10.9. The lowest BCUT2D eigenvalue weighted by Crippen LogP contribution is -2.38. The molecule has 2 N–H and O–H groups in total. The van der Waals surface area contributed by atoms with Crippen LogP contribution in [0.1, 0.15) is 41.6 Å². The highest BCUT2D eigenvalue weighted by atomic mass is 19.4. The highest BCUT2D eigenvalue weighted by Gasteiger charge is 2.48. The zero-order chi connectivity index (χ0) is 24.5. The first-order valence-corrected chi connectivity index (χ1v) is 10.9. The number of amides is 4. The topological polar surface area (TPSA) is 95.6 Å². The molecule has 7 nitrogen and oxygen atoms in total. The standard InChI is InChI=1S/C24H22F3N3O4/c25-24(26,27)15-6-4-8-17(12-15)29-21(32)14-5-3-7-16(11-14)28-20(31)13-30-22(33)18-9-1-2-10-19(18)23(30)34/h3-8,11-12,18-19H,1-2,9-10,13H2,(H,28,31)(H,29,32)/t18-,19-/m1/s1. The minimum absolute atomic E-state index is 0.0261. The fourth-order valence-electron chi connectivity index (χ4n) is 4.45. The molecule has 10 heteroatoms. The Morgan fingerprint density at radius 2 is 1.47 bits per heavy atom. The van der Waals surface area contributed by atoms with E-state index in [4.69, 9.17) is 0 Å². The fourth-order valence-corrected chi connectivity index (χ4v) is 4.45. The maximum Gasteiger partial charge on any atom is 0.416 e. The summed E-state index contributed by atoms with van der Waals surface area (Å²) >= 11 is 0. The lowest BCUT2D eigenvalue weighted by atomic mass is 9.81. The van der Waals surface area contributed by atoms with Crippen LogP contribution in [0.25, 0.3) is 0 Å². The molecule has 1 aliphatic carbocycles. The molecule has 2 aromatic rings. The molecule has 1 saturated heterocycles. The van der Waals surface area contributed by atoms with Crippen LogP contribution in [0.15, 0.2) is 48.5 Å². The van der Waals surface area contributed by atoms with Crippen LogP contribution < -0.4 is 10.6 Å². The average Bonchev–Trinajstić information content (AvgIpc) is 3.04. The van der Waals surface area contributed by atoms with Gasteiger partial charge < -0.3 is 10.6 Å². The Kier molecular flexibility index (Phi) is 6.41. The highest BCUT2D eigenvalue weighted by Crippen LogP contribution is 2.38. The summed E-state index contributed by atoms with van der Waals surface area (Å²) in [5.41, 5.74) is -0.563. The van der Waals surface area contributed by atoms with Crippen molar-refractivity contribution in [1.82, 2.24) is 4.90 Å². The van der Waals surface area contributed by atoms with Gasteiger partial charge in [0.15, 0.2) is 0 Å². The number of carbonyl (C=O) groups excluding carboxylic acids is 4. The highest BCUT2D eigenvalue weighted by molar-refractivity contribution is 6.09. The van der Waals surface area contributed by atoms with Crippen molar-refractivity contribution in [3.63, 3.8) is 0 Å². The van der Waals surface area contributed by atoms with E-state index in [1.54, 1.807) is 0 Å². The number of hydrogen-bond acceptors (Lipinski definition) is 4. The van der Waals surface area contributed by atoms with Crippen molar-refractivity contribution in [3.8, 4) is 0 Å². The summed E-state index contributed by atoms with van der Waals surface area (Å²) in [6.07, 6.45) is -1.47. The molecule has 0 bridgehead atoms. The van der Waals surface area contributed by atoms with E-state index in [9.17, 15) is 32.3 Å². The maximum atomic E-state index is 12.9. The lowest BCUT2D eigenvalue weighted by molar-refractivity contribution is -0.142. The van der Waals surface area contributed by atoms with E-state index in [0.717, 1.165) is 29.9 Å². The summed E-state index contributed by atoms with van der Waals surface area (Å²) in [6, 6.07) is 10.1. The van der Waals surface area contributed by atoms with Crippen LogP contribution in [-0.2, 0) is 20.6 Å². The van der Waals surface area contributed by atoms with Crippen molar-refractivity contribution < 1.29 is 32.3 Å². The second-order valence-corrected chi connectivity index (χ2v) is 8.42. The van der Waals surface area contributed by atoms with Gasteiger partial charge in [-0.15, -0.1) is 0 Å². The quantitative estimate of drug-likeness (QED) is 0.640. The molecule has 4 amide bonds. The number of nitrogens with zero attached hydrogens (tertiary/aromatic N) is 1. The van der Waals surface area contributed by atoms with Crippen molar-refractivity contribution in [2.45, 2.75) is 31.9 Å². The molecule has 178 valence electrons. The van der Waals surface area contributed by atoms with Gasteiger partial charge in [-0.25, -0.2) is 0 Å². The number of carbonyl (C=O) groups is 4. The molecule has 0 spiro atoms. The molecule has 1 aliphatic heterocycles. The molecule has 34 heavy (non-hydrogen) atoms. The first-order chi connectivity index (χ1) is 16.1. The van der Waals surface area contributed by atoms with Gasteiger partial charge in [-0.05, 0) is 49.2 Å². The largest absolute Gasteiger partial charge is 0.416 e. The van der Waals surface area contributed by atoms with Gasteiger partial charge in [-0.3, -0.25) is 24.1 Å². The van der Waals surface area contributed by atoms with E-state index in [-0.39, 0.29) is 40.6 Å². The molecule has 2 aromatic carbocycles. The predicted octanol–water partition coefficient (Wildman–Crippen LogP) is 4.07. The molecule has 4 rings (SSSR count). The Morgan fingerprint density at radius 1 is 0.882 bits per heavy atom. The molecule has 0 aromatic heterocycles. The van der Waals surface area contributed by atoms with Crippen molar-refractivity contribution in [2.24, 2.45) is 11.8 Å². The summed E-state index contributed by atoms with van der Waals surface area (Å²) in [6.45, 7) is -0.411. The van der Waals surface area contributed by atoms with E-state index in [0.29, 0.717) is 12.8 Å². The molecule has 2 atom stereocenters. The summed E-state index contributed by atoms with van der Waals surface area (Å²) in [5, 5.41) is 4.97. The van der Waals surface area contributed by atoms with Crippen LogP contribution in [0, 0.1) is 11.8 Å². The monoisotopic (exact) mass is 473 g/mol. The fraction of sp³-hybridized carbons (Fsp3) is 0.333. The maximum absolute atomic E-state index is 12.9. The van der Waals surface area contributed by atoms with Gasteiger partial charge in [0.25, 0.3) is 5.91 Å². The average molecular weight is 473 g/mol. The van der Waals surface area contributed by atoms with Gasteiger partial charge in [0.1, 0.15) is 6.54 Å². The van der Waals surface area contributed by atoms with Crippen LogP contribution in [0.5, 0.6) is 0 Å². The summed E-state index contributed by atoms with van der Waals surface area (Å²) in [7, 11) is 0. The third-order valence-electron chi connectivity index (χ3n) is 6.09. The smallest absolute Gasteiger partial charge is 0.325 e. The van der Waals surface area contributed by atoms with Crippen molar-refractivity contribution in [1.29, 1.82) is 0 Å². The van der Waals surface area contributed by atoms with Crippen LogP contribution in [-0.4, -0.2) is 35.1 Å². The van der Waals surface area contributed by atoms with Crippen LogP contribution in [0.4, 0.5) is 24.5 Å². The van der Waals surface area contributed by atoms with Gasteiger partial charge in [0.05, 0.1) is 17.4 Å². The molecular weight excluding hydrogens is 451 g/mol. The summed E-state index contributed by atoms with van der Waals surface area (Å²) in [5.74, 6) is -2.59. The van der Waals surface area contributed by atoms with E-state index in [1.165, 1.54) is 36.4 Å². The van der Waals surface area contributed by atoms with E-state index in [1.807, 2.05) is 0 Å². The van der Waals surface area contributed by atoms with E-state index in [2.05, 4.69) is 10.6 Å². The Hall–Kier alpha value is -3.69. The zero-order valence-electron chi connectivity index (χ0n) is 18.0. The Labute approximate surface area is 193 Å². The molecule has 0 unspecified atom stereocenters. The van der Waals surface area contributed by atoms with Gasteiger partial charge in [0.2, 0.25) is 17.7 Å². The molecule has 2 aliphatic rings. The Bertz CT molecular complexity index is 1120. The zero-order valence-corrected chi connectivity index (χ0v) is 18.0. The minimum atomic E-state index is -4.54. The van der Waals surface area contributed by atoms with Crippen molar-refractivity contribution >= 4 is 35.0 Å². The second kappa shape index (κ2) is 9.28. The summed E-state index contributed by atoms with van der Waals surface area (Å²) < 4.78 is 38.7. The Balaban J connectivity index is 1.40. The third-order valence-corrected chi connectivity index (χ3v) is 6.09. The van der Waals surface area contributed by atoms with Gasteiger partial charge in [0, 0.05) is 16.9 Å². The van der Waals surface area contributed by atoms with Gasteiger partial charge in [-0.1, -0.05) is 25.0 Å². The number of hydrogen-bond donors (Lipinski definition) is 2. The van der Waals surface area contributed by atoms with E-state index < -0.39 is 30.1 Å². The molecule has 1 heterocycles. The Morgan fingerprint density at radius 3 is 2.09 bits per heavy atom. The van der Waals surface area contributed by atoms with Crippen LogP contribution >= 0.6 is 0 Å². The van der Waals surface area contributed by atoms with Crippen LogP contribution in [0.2, 0.25) is 0 Å². The van der Waals surface area contributed by atoms with E-state index >= 15 is 0 Å². The molecule has 0 radical (unpaired) electrons. The number of imide groups is 1. The minimum Gasteiger partial charge on any atom is -0.325 e. The number of alkyl halides is 3. The van der Waals surface area contributed by atoms with Gasteiger partial charge in [-0.2, -0.15) is 13.2 Å². The SMILES string of the molecule is O=C(CN1C(=O)[C@@H]2CCCC[C@H]2C1=O)Nc1cccc(C(=O)Nc2cccc(C(F)(F)F)c2)c1. The number of halogens is 3. The molecular formula is C24H22F3N3O4. The second-order valence-electron chi connectivity index (χ2n) is 8.42. The normalized spacial score (nSPS) is 20.1. The lowest BCUT2D eigenvalue weighted by Gasteiger charge is -2.19. The first kappa shape index (κ1) is 23.5. The predicted molar refractivity (Wildman–Crippen MR) is 117 cm³/mol. The van der Waals surface area contributed by atoms with Crippen molar-refractivity contribution in [3.05, 3.63) is 59.7 Å². The molecule has 2 fully saturated rings. The van der Waals surface area contributed by atoms with Crippen LogP contribution in [0.3, 0.4) is 0 Å². The number of likely N-dealkylation sites (tertiary alicyclic amines) is 1. The number of nitrogens with one attached hydrogen (secondary N) is 2. The number of anilines is 2. The number of rotatable bonds is 5. The molecule has 1 saturated carbocycles. The third kappa shape index (κ3) is 4.95. The van der Waals surface area contributed by atoms with Crippen molar-refractivity contribution in [2.75, 3.05) is 17.2 Å². The van der Waals surface area contributed by atoms with Gasteiger partial charge >= 0.3 is 6.18 Å². The summed E-state index contributed by atoms with van der Waals surface area (Å²) in [4.78, 5) is 51.1. The number of fused-ring (bicyclic) bond motifs is 1.